The van der Waals surface area contributed by atoms with Gasteiger partial charge < -0.3 is 5.32 Å². The monoisotopic (exact) mass is 407 g/mol. The second-order valence-corrected chi connectivity index (χ2v) is 7.24. The average Bonchev–Trinajstić information content (AvgIpc) is 3.09. The fourth-order valence-electron chi connectivity index (χ4n) is 2.34. The Morgan fingerprint density at radius 3 is 2.73 bits per heavy atom. The quantitative estimate of drug-likeness (QED) is 0.626. The number of benzene rings is 2. The van der Waals surface area contributed by atoms with Crippen molar-refractivity contribution in [1.29, 1.82) is 0 Å². The van der Waals surface area contributed by atoms with Gasteiger partial charge in [0.2, 0.25) is 11.1 Å². The lowest BCUT2D eigenvalue weighted by atomic mass is 10.1. The van der Waals surface area contributed by atoms with Gasteiger partial charge in [0.15, 0.2) is 0 Å². The average molecular weight is 408 g/mol. The Morgan fingerprint density at radius 1 is 1.23 bits per heavy atom. The molecule has 1 atom stereocenters. The maximum atomic E-state index is 12.3. The number of para-hydroxylation sites is 1. The molecule has 1 aromatic heterocycles. The summed E-state index contributed by atoms with van der Waals surface area (Å²) in [5.74, 6) is 0.0408. The highest BCUT2D eigenvalue weighted by Crippen LogP contribution is 2.26. The molecule has 6 nitrogen and oxygen atoms in total. The first-order valence-electron chi connectivity index (χ1n) is 7.75. The summed E-state index contributed by atoms with van der Waals surface area (Å²) in [4.78, 5) is 12.3. The van der Waals surface area contributed by atoms with Crippen LogP contribution in [0.4, 0.5) is 0 Å². The van der Waals surface area contributed by atoms with Crippen LogP contribution < -0.4 is 5.32 Å². The largest absolute Gasteiger partial charge is 0.349 e. The van der Waals surface area contributed by atoms with E-state index in [0.29, 0.717) is 15.2 Å². The van der Waals surface area contributed by atoms with Crippen LogP contribution in [0, 0.1) is 0 Å². The summed E-state index contributed by atoms with van der Waals surface area (Å²) in [6.45, 7) is 1.87. The predicted molar refractivity (Wildman–Crippen MR) is 103 cm³/mol. The first-order chi connectivity index (χ1) is 12.5. The summed E-state index contributed by atoms with van der Waals surface area (Å²) in [5.41, 5.74) is 1.64. The summed E-state index contributed by atoms with van der Waals surface area (Å²) in [5, 5.41) is 16.2. The van der Waals surface area contributed by atoms with E-state index < -0.39 is 0 Å². The molecule has 0 saturated carbocycles. The van der Waals surface area contributed by atoms with Crippen LogP contribution in [-0.4, -0.2) is 31.9 Å². The number of tetrazole rings is 1. The Bertz CT molecular complexity index is 903. The van der Waals surface area contributed by atoms with E-state index in [2.05, 4.69) is 20.8 Å². The third-order valence-electron chi connectivity index (χ3n) is 3.58. The maximum absolute atomic E-state index is 12.3. The Hall–Kier alpha value is -2.09. The molecule has 9 heteroatoms. The van der Waals surface area contributed by atoms with Crippen LogP contribution in [0.5, 0.6) is 0 Å². The topological polar surface area (TPSA) is 72.7 Å². The molecule has 3 rings (SSSR count). The van der Waals surface area contributed by atoms with Crippen molar-refractivity contribution in [2.24, 2.45) is 0 Å². The summed E-state index contributed by atoms with van der Waals surface area (Å²) < 4.78 is 1.59. The molecule has 0 aliphatic carbocycles. The highest BCUT2D eigenvalue weighted by atomic mass is 35.5. The smallest absolute Gasteiger partial charge is 0.230 e. The Kier molecular flexibility index (Phi) is 6.13. The fraction of sp³-hybridized carbons (Fsp3) is 0.176. The van der Waals surface area contributed by atoms with Crippen LogP contribution >= 0.6 is 35.0 Å². The minimum Gasteiger partial charge on any atom is -0.349 e. The summed E-state index contributed by atoms with van der Waals surface area (Å²) in [6.07, 6.45) is 0. The lowest BCUT2D eigenvalue weighted by Gasteiger charge is -2.15. The number of hydrogen-bond acceptors (Lipinski definition) is 5. The molecule has 134 valence electrons. The zero-order valence-corrected chi connectivity index (χ0v) is 16.1. The first kappa shape index (κ1) is 18.7. The zero-order valence-electron chi connectivity index (χ0n) is 13.8. The molecule has 26 heavy (non-hydrogen) atoms. The molecule has 0 saturated heterocycles. The van der Waals surface area contributed by atoms with Gasteiger partial charge in [0, 0.05) is 10.0 Å². The molecule has 0 spiro atoms. The van der Waals surface area contributed by atoms with Crippen LogP contribution in [0.3, 0.4) is 0 Å². The highest BCUT2D eigenvalue weighted by molar-refractivity contribution is 7.99. The third-order valence-corrected chi connectivity index (χ3v) is 5.06. The van der Waals surface area contributed by atoms with E-state index in [0.717, 1.165) is 11.3 Å². The van der Waals surface area contributed by atoms with Crippen molar-refractivity contribution in [2.45, 2.75) is 18.1 Å². The summed E-state index contributed by atoms with van der Waals surface area (Å²) >= 11 is 13.3. The lowest BCUT2D eigenvalue weighted by Crippen LogP contribution is -2.28. The molecule has 1 N–H and O–H groups in total. The summed E-state index contributed by atoms with van der Waals surface area (Å²) in [6, 6.07) is 14.5. The number of nitrogens with zero attached hydrogens (tertiary/aromatic N) is 4. The van der Waals surface area contributed by atoms with Crippen molar-refractivity contribution in [2.75, 3.05) is 5.75 Å². The van der Waals surface area contributed by atoms with Gasteiger partial charge in [-0.15, -0.1) is 5.10 Å². The fourth-order valence-corrected chi connectivity index (χ4v) is 3.62. The van der Waals surface area contributed by atoms with Crippen LogP contribution in [0.1, 0.15) is 18.5 Å². The second-order valence-electron chi connectivity index (χ2n) is 5.45. The number of rotatable bonds is 6. The number of carbonyl (C=O) groups is 1. The number of halogens is 2. The lowest BCUT2D eigenvalue weighted by molar-refractivity contribution is -0.119. The van der Waals surface area contributed by atoms with Crippen molar-refractivity contribution in [1.82, 2.24) is 25.5 Å². The molecule has 1 amide bonds. The van der Waals surface area contributed by atoms with E-state index >= 15 is 0 Å². The van der Waals surface area contributed by atoms with Crippen molar-refractivity contribution in [3.05, 3.63) is 64.1 Å². The number of nitrogens with one attached hydrogen (secondary N) is 1. The van der Waals surface area contributed by atoms with E-state index in [-0.39, 0.29) is 17.7 Å². The number of thioether (sulfide) groups is 1. The van der Waals surface area contributed by atoms with Gasteiger partial charge in [-0.25, -0.2) is 0 Å². The van der Waals surface area contributed by atoms with Gasteiger partial charge in [0.1, 0.15) is 0 Å². The van der Waals surface area contributed by atoms with Crippen molar-refractivity contribution in [3.8, 4) is 5.69 Å². The standard InChI is InChI=1S/C17H15Cl2N5OS/c1-11(14-8-7-12(18)9-15(14)19)20-16(25)10-26-17-21-22-23-24(17)13-5-3-2-4-6-13/h2-9,11H,10H2,1H3,(H,20,25)/t11-/m1/s1. The maximum Gasteiger partial charge on any atom is 0.230 e. The number of hydrogen-bond donors (Lipinski definition) is 1. The van der Waals surface area contributed by atoms with Gasteiger partial charge in [-0.05, 0) is 47.2 Å². The van der Waals surface area contributed by atoms with Gasteiger partial charge in [0.25, 0.3) is 0 Å². The zero-order chi connectivity index (χ0) is 18.5. The number of aromatic nitrogens is 4. The second kappa shape index (κ2) is 8.53. The van der Waals surface area contributed by atoms with Gasteiger partial charge in [-0.3, -0.25) is 4.79 Å². The van der Waals surface area contributed by atoms with Crippen LogP contribution in [-0.2, 0) is 4.79 Å². The van der Waals surface area contributed by atoms with E-state index in [4.69, 9.17) is 23.2 Å². The van der Waals surface area contributed by atoms with Crippen LogP contribution in [0.2, 0.25) is 10.0 Å². The first-order valence-corrected chi connectivity index (χ1v) is 9.49. The van der Waals surface area contributed by atoms with Gasteiger partial charge in [0.05, 0.1) is 17.5 Å². The Morgan fingerprint density at radius 2 is 2.00 bits per heavy atom. The van der Waals surface area contributed by atoms with E-state index in [1.165, 1.54) is 11.8 Å². The predicted octanol–water partition coefficient (Wildman–Crippen LogP) is 3.94. The third kappa shape index (κ3) is 4.55. The molecule has 1 heterocycles. The van der Waals surface area contributed by atoms with Crippen molar-refractivity contribution < 1.29 is 4.79 Å². The minimum atomic E-state index is -0.238. The van der Waals surface area contributed by atoms with E-state index in [1.807, 2.05) is 37.3 Å². The van der Waals surface area contributed by atoms with E-state index in [9.17, 15) is 4.79 Å². The van der Waals surface area contributed by atoms with Gasteiger partial charge >= 0.3 is 0 Å². The van der Waals surface area contributed by atoms with Crippen LogP contribution in [0.25, 0.3) is 5.69 Å². The Balaban J connectivity index is 1.61. The highest BCUT2D eigenvalue weighted by Gasteiger charge is 2.15. The van der Waals surface area contributed by atoms with Crippen molar-refractivity contribution >= 4 is 40.9 Å². The molecule has 0 bridgehead atoms. The normalized spacial score (nSPS) is 12.0. The number of carbonyl (C=O) groups excluding carboxylic acids is 1. The molecule has 2 aromatic carbocycles. The minimum absolute atomic E-state index is 0.142. The SMILES string of the molecule is C[C@@H](NC(=O)CSc1nnnn1-c1ccccc1)c1ccc(Cl)cc1Cl. The summed E-state index contributed by atoms with van der Waals surface area (Å²) in [7, 11) is 0. The van der Waals surface area contributed by atoms with Gasteiger partial charge in [-0.2, -0.15) is 4.68 Å². The molecule has 0 fully saturated rings. The Labute approximate surface area is 164 Å². The number of amides is 1. The molecule has 0 unspecified atom stereocenters. The van der Waals surface area contributed by atoms with E-state index in [1.54, 1.807) is 22.9 Å². The van der Waals surface area contributed by atoms with Gasteiger partial charge in [-0.1, -0.05) is 59.2 Å². The molecular weight excluding hydrogens is 393 g/mol. The van der Waals surface area contributed by atoms with Crippen LogP contribution in [0.15, 0.2) is 53.7 Å². The molecule has 0 radical (unpaired) electrons. The molecular formula is C17H15Cl2N5OS. The molecule has 3 aromatic rings. The molecule has 0 aliphatic rings. The van der Waals surface area contributed by atoms with Crippen molar-refractivity contribution in [3.63, 3.8) is 0 Å². The molecule has 0 aliphatic heterocycles.